The molecule has 1 aliphatic heterocycles. The van der Waals surface area contributed by atoms with Crippen LogP contribution in [-0.4, -0.2) is 64.7 Å². The summed E-state index contributed by atoms with van der Waals surface area (Å²) in [6, 6.07) is 10.5. The molecule has 158 valence electrons. The molecule has 7 nitrogen and oxygen atoms in total. The highest BCUT2D eigenvalue weighted by Crippen LogP contribution is 2.26. The number of hydrogen-bond acceptors (Lipinski definition) is 6. The first kappa shape index (κ1) is 21.8. The highest BCUT2D eigenvalue weighted by Gasteiger charge is 2.23. The number of thioether (sulfide) groups is 1. The lowest BCUT2D eigenvalue weighted by Crippen LogP contribution is -2.33. The summed E-state index contributed by atoms with van der Waals surface area (Å²) < 4.78 is 7.70. The first-order valence-electron chi connectivity index (χ1n) is 10.2. The first-order valence-corrected chi connectivity index (χ1v) is 11.2. The maximum absolute atomic E-state index is 12.3. The van der Waals surface area contributed by atoms with Crippen LogP contribution in [0.15, 0.2) is 35.5 Å². The number of carbonyl (C=O) groups excluding carboxylic acids is 1. The Bertz CT molecular complexity index is 775. The van der Waals surface area contributed by atoms with Gasteiger partial charge in [-0.15, -0.1) is 10.2 Å². The van der Waals surface area contributed by atoms with Gasteiger partial charge in [0.05, 0.1) is 24.4 Å². The lowest BCUT2D eigenvalue weighted by atomic mass is 10.2. The van der Waals surface area contributed by atoms with Gasteiger partial charge in [0.25, 0.3) is 0 Å². The lowest BCUT2D eigenvalue weighted by molar-refractivity contribution is -0.119. The third-order valence-corrected chi connectivity index (χ3v) is 6.09. The van der Waals surface area contributed by atoms with Gasteiger partial charge in [-0.3, -0.25) is 9.69 Å². The van der Waals surface area contributed by atoms with Crippen molar-refractivity contribution in [3.05, 3.63) is 41.7 Å². The van der Waals surface area contributed by atoms with Gasteiger partial charge in [0, 0.05) is 13.2 Å². The molecule has 1 N–H and O–H groups in total. The maximum Gasteiger partial charge on any atom is 0.230 e. The zero-order valence-electron chi connectivity index (χ0n) is 17.5. The number of ether oxygens (including phenoxy) is 1. The third-order valence-electron chi connectivity index (χ3n) is 5.12. The second-order valence-corrected chi connectivity index (χ2v) is 8.47. The van der Waals surface area contributed by atoms with Gasteiger partial charge in [0.1, 0.15) is 0 Å². The summed E-state index contributed by atoms with van der Waals surface area (Å²) in [6.07, 6.45) is 3.19. The average Bonchev–Trinajstić information content (AvgIpc) is 3.37. The van der Waals surface area contributed by atoms with Crippen molar-refractivity contribution < 1.29 is 9.53 Å². The van der Waals surface area contributed by atoms with E-state index in [1.54, 1.807) is 0 Å². The average molecular weight is 418 g/mol. The van der Waals surface area contributed by atoms with Crippen molar-refractivity contribution in [1.82, 2.24) is 25.0 Å². The molecule has 0 unspecified atom stereocenters. The topological polar surface area (TPSA) is 72.3 Å². The minimum absolute atomic E-state index is 0.000891. The minimum atomic E-state index is 0.000891. The van der Waals surface area contributed by atoms with Gasteiger partial charge in [-0.25, -0.2) is 0 Å². The van der Waals surface area contributed by atoms with Crippen molar-refractivity contribution in [2.45, 2.75) is 50.0 Å². The van der Waals surface area contributed by atoms with Crippen LogP contribution in [0.2, 0.25) is 0 Å². The van der Waals surface area contributed by atoms with Crippen molar-refractivity contribution in [3.8, 4) is 0 Å². The van der Waals surface area contributed by atoms with E-state index in [0.29, 0.717) is 18.8 Å². The van der Waals surface area contributed by atoms with Crippen LogP contribution in [0.3, 0.4) is 0 Å². The van der Waals surface area contributed by atoms with E-state index in [-0.39, 0.29) is 18.1 Å². The Morgan fingerprint density at radius 3 is 2.79 bits per heavy atom. The van der Waals surface area contributed by atoms with Crippen LogP contribution >= 0.6 is 11.8 Å². The van der Waals surface area contributed by atoms with E-state index in [9.17, 15) is 4.79 Å². The number of carbonyl (C=O) groups is 1. The predicted molar refractivity (Wildman–Crippen MR) is 115 cm³/mol. The molecule has 1 aromatic carbocycles. The lowest BCUT2D eigenvalue weighted by Gasteiger charge is -2.23. The van der Waals surface area contributed by atoms with E-state index in [0.717, 1.165) is 36.9 Å². The Morgan fingerprint density at radius 1 is 1.34 bits per heavy atom. The van der Waals surface area contributed by atoms with Crippen LogP contribution in [0.5, 0.6) is 0 Å². The van der Waals surface area contributed by atoms with Crippen molar-refractivity contribution >= 4 is 17.7 Å². The fourth-order valence-corrected chi connectivity index (χ4v) is 4.34. The summed E-state index contributed by atoms with van der Waals surface area (Å²) >= 11 is 1.44. The Hall–Kier alpha value is -1.90. The molecule has 2 atom stereocenters. The number of nitrogens with one attached hydrogen (secondary N) is 1. The first-order chi connectivity index (χ1) is 14.1. The fraction of sp³-hybridized carbons (Fsp3) is 0.571. The molecule has 1 amide bonds. The molecule has 1 aliphatic rings. The Balaban J connectivity index is 1.69. The smallest absolute Gasteiger partial charge is 0.230 e. The van der Waals surface area contributed by atoms with Crippen LogP contribution in [-0.2, 0) is 16.1 Å². The van der Waals surface area contributed by atoms with Crippen molar-refractivity contribution in [1.29, 1.82) is 0 Å². The second kappa shape index (κ2) is 10.8. The third kappa shape index (κ3) is 6.04. The molecular weight excluding hydrogens is 386 g/mol. The van der Waals surface area contributed by atoms with Gasteiger partial charge in [0.15, 0.2) is 11.0 Å². The van der Waals surface area contributed by atoms with E-state index in [2.05, 4.69) is 58.1 Å². The fourth-order valence-electron chi connectivity index (χ4n) is 3.56. The van der Waals surface area contributed by atoms with Gasteiger partial charge in [0.2, 0.25) is 5.91 Å². The van der Waals surface area contributed by atoms with E-state index in [4.69, 9.17) is 4.74 Å². The molecule has 0 radical (unpaired) electrons. The van der Waals surface area contributed by atoms with E-state index in [1.165, 1.54) is 17.3 Å². The van der Waals surface area contributed by atoms with E-state index >= 15 is 0 Å². The molecule has 1 fully saturated rings. The summed E-state index contributed by atoms with van der Waals surface area (Å²) in [7, 11) is 4.11. The van der Waals surface area contributed by atoms with Crippen molar-refractivity contribution in [2.24, 2.45) is 0 Å². The van der Waals surface area contributed by atoms with Gasteiger partial charge in [-0.05, 0) is 38.9 Å². The minimum Gasteiger partial charge on any atom is -0.376 e. The van der Waals surface area contributed by atoms with Crippen LogP contribution < -0.4 is 5.32 Å². The molecule has 3 rings (SSSR count). The highest BCUT2D eigenvalue weighted by atomic mass is 32.2. The molecular formula is C21H31N5O2S. The Morgan fingerprint density at radius 2 is 2.14 bits per heavy atom. The summed E-state index contributed by atoms with van der Waals surface area (Å²) in [4.78, 5) is 14.5. The summed E-state index contributed by atoms with van der Waals surface area (Å²) in [5.74, 6) is 1.25. The second-order valence-electron chi connectivity index (χ2n) is 7.53. The predicted octanol–water partition coefficient (Wildman–Crippen LogP) is 2.73. The number of rotatable bonds is 10. The van der Waals surface area contributed by atoms with Crippen molar-refractivity contribution in [2.75, 3.05) is 33.0 Å². The highest BCUT2D eigenvalue weighted by molar-refractivity contribution is 7.99. The molecule has 1 aromatic heterocycles. The molecule has 1 saturated heterocycles. The molecule has 0 aliphatic carbocycles. The van der Waals surface area contributed by atoms with Crippen LogP contribution in [0.4, 0.5) is 0 Å². The van der Waals surface area contributed by atoms with Crippen LogP contribution in [0.1, 0.15) is 43.6 Å². The number of nitrogens with zero attached hydrogens (tertiary/aromatic N) is 4. The molecule has 29 heavy (non-hydrogen) atoms. The normalized spacial score (nSPS) is 17.6. The SMILES string of the molecule is CC[C@@H](c1nnc(SCC(=O)NC[C@@H]2CCCO2)n1Cc1ccccc1)N(C)C. The van der Waals surface area contributed by atoms with Gasteiger partial charge < -0.3 is 14.6 Å². The molecule has 0 spiro atoms. The molecule has 0 saturated carbocycles. The summed E-state index contributed by atoms with van der Waals surface area (Å²) in [5, 5.41) is 12.7. The zero-order valence-corrected chi connectivity index (χ0v) is 18.3. The Kier molecular flexibility index (Phi) is 8.09. The van der Waals surface area contributed by atoms with Crippen molar-refractivity contribution in [3.63, 3.8) is 0 Å². The quantitative estimate of drug-likeness (QED) is 0.600. The van der Waals surface area contributed by atoms with E-state index in [1.807, 2.05) is 18.2 Å². The number of aromatic nitrogens is 3. The van der Waals surface area contributed by atoms with Crippen LogP contribution in [0, 0.1) is 0 Å². The molecule has 0 bridgehead atoms. The monoisotopic (exact) mass is 417 g/mol. The Labute approximate surface area is 177 Å². The standard InChI is InChI=1S/C21H31N5O2S/c1-4-18(25(2)3)20-23-24-21(26(20)14-16-9-6-5-7-10-16)29-15-19(27)22-13-17-11-8-12-28-17/h5-7,9-10,17-18H,4,8,11-15H2,1-3H3,(H,22,27)/t17-,18-/m0/s1. The number of amides is 1. The van der Waals surface area contributed by atoms with E-state index < -0.39 is 0 Å². The summed E-state index contributed by atoms with van der Waals surface area (Å²) in [6.45, 7) is 4.22. The largest absolute Gasteiger partial charge is 0.376 e. The van der Waals surface area contributed by atoms with Gasteiger partial charge >= 0.3 is 0 Å². The van der Waals surface area contributed by atoms with Crippen LogP contribution in [0.25, 0.3) is 0 Å². The number of hydrogen-bond donors (Lipinski definition) is 1. The number of benzene rings is 1. The summed E-state index contributed by atoms with van der Waals surface area (Å²) in [5.41, 5.74) is 1.19. The maximum atomic E-state index is 12.3. The molecule has 8 heteroatoms. The van der Waals surface area contributed by atoms with Gasteiger partial charge in [-0.2, -0.15) is 0 Å². The zero-order chi connectivity index (χ0) is 20.6. The van der Waals surface area contributed by atoms with Gasteiger partial charge in [-0.1, -0.05) is 49.0 Å². The molecule has 2 aromatic rings. The molecule has 2 heterocycles.